The second-order valence-electron chi connectivity index (χ2n) is 4.51. The van der Waals surface area contributed by atoms with Crippen LogP contribution < -0.4 is 17.0 Å². The van der Waals surface area contributed by atoms with E-state index in [0.717, 1.165) is 6.54 Å². The molecule has 0 amide bonds. The van der Waals surface area contributed by atoms with Gasteiger partial charge >= 0.3 is 0 Å². The van der Waals surface area contributed by atoms with Crippen LogP contribution in [-0.4, -0.2) is 41.5 Å². The summed E-state index contributed by atoms with van der Waals surface area (Å²) in [6.07, 6.45) is 8.84. The molecule has 20 heavy (non-hydrogen) atoms. The van der Waals surface area contributed by atoms with Crippen LogP contribution in [0.1, 0.15) is 32.4 Å². The third kappa shape index (κ3) is 5.53. The van der Waals surface area contributed by atoms with Crippen molar-refractivity contribution in [3.05, 3.63) is 18.7 Å². The second kappa shape index (κ2) is 9.52. The van der Waals surface area contributed by atoms with Gasteiger partial charge in [-0.1, -0.05) is 13.3 Å². The molecular weight excluding hydrogens is 296 g/mol. The molecule has 1 aromatic rings. The molecule has 0 aliphatic rings. The number of hydrogen-bond acceptors (Lipinski definition) is 3. The first kappa shape index (κ1) is 19.6. The van der Waals surface area contributed by atoms with Crippen molar-refractivity contribution in [1.29, 1.82) is 0 Å². The van der Waals surface area contributed by atoms with E-state index in [-0.39, 0.29) is 18.6 Å². The average Bonchev–Trinajstić information content (AvgIpc) is 2.91. The number of imidazole rings is 1. The molecule has 3 radical (unpaired) electrons. The van der Waals surface area contributed by atoms with Crippen molar-refractivity contribution >= 4 is 10.2 Å². The Balaban J connectivity index is 0.00000361. The highest BCUT2D eigenvalue weighted by molar-refractivity contribution is 6.13. The molecule has 7 heteroatoms. The van der Waals surface area contributed by atoms with Crippen molar-refractivity contribution in [1.82, 2.24) is 4.57 Å². The zero-order valence-electron chi connectivity index (χ0n) is 12.6. The fourth-order valence-electron chi connectivity index (χ4n) is 1.84. The molecule has 0 N–H and O–H groups in total. The largest absolute Gasteiger partial charge is 1.00 e. The van der Waals surface area contributed by atoms with Crippen LogP contribution in [0.15, 0.2) is 18.7 Å². The summed E-state index contributed by atoms with van der Waals surface area (Å²) in [5, 5.41) is 0. The molecule has 115 valence electrons. The number of aromatic nitrogens is 2. The molecule has 0 spiro atoms. The summed E-state index contributed by atoms with van der Waals surface area (Å²) in [6.45, 7) is 3.21. The van der Waals surface area contributed by atoms with Crippen molar-refractivity contribution < 1.29 is 31.2 Å². The lowest BCUT2D eigenvalue weighted by Crippen LogP contribution is -3.00. The molecule has 1 aromatic heterocycles. The van der Waals surface area contributed by atoms with Crippen LogP contribution >= 0.6 is 0 Å². The minimum Gasteiger partial charge on any atom is -1.00 e. The molecule has 0 saturated heterocycles. The first-order valence-electron chi connectivity index (χ1n) is 6.53. The molecule has 0 bridgehead atoms. The van der Waals surface area contributed by atoms with Crippen molar-refractivity contribution in [3.63, 3.8) is 0 Å². The monoisotopic (exact) mass is 319 g/mol. The number of methoxy groups -OCH3 is 3. The Kier molecular flexibility index (Phi) is 9.33. The highest BCUT2D eigenvalue weighted by Crippen LogP contribution is 2.22. The minimum absolute atomic E-state index is 0. The molecule has 1 rings (SSSR count). The number of rotatable bonds is 9. The standard InChI is InChI=1S/C13H24N2O3Si.ClH/c1-5-6-7-14-8-9-15(11-14)12(16-2)10-13(19,17-3)18-4;/h8-9,11-12H,5-7,10H2,1-4H3;1H/q+1;/p-1. The Morgan fingerprint density at radius 3 is 2.45 bits per heavy atom. The third-order valence-electron chi connectivity index (χ3n) is 3.19. The van der Waals surface area contributed by atoms with Gasteiger partial charge in [-0.15, -0.1) is 0 Å². The fourth-order valence-corrected chi connectivity index (χ4v) is 2.02. The van der Waals surface area contributed by atoms with Crippen LogP contribution in [0.4, 0.5) is 0 Å². The normalized spacial score (nSPS) is 13.1. The number of ether oxygens (including phenoxy) is 3. The van der Waals surface area contributed by atoms with Crippen LogP contribution in [-0.2, 0) is 20.8 Å². The van der Waals surface area contributed by atoms with Gasteiger partial charge in [-0.05, 0) is 6.42 Å². The van der Waals surface area contributed by atoms with Gasteiger partial charge in [0.1, 0.15) is 28.0 Å². The van der Waals surface area contributed by atoms with E-state index >= 15 is 0 Å². The molecule has 1 atom stereocenters. The second-order valence-corrected chi connectivity index (χ2v) is 5.27. The lowest BCUT2D eigenvalue weighted by molar-refractivity contribution is -0.697. The quantitative estimate of drug-likeness (QED) is 0.307. The number of hydrogen-bond donors (Lipinski definition) is 0. The molecule has 1 heterocycles. The first-order valence-corrected chi connectivity index (χ1v) is 7.03. The smallest absolute Gasteiger partial charge is 0.245 e. The number of unbranched alkanes of at least 4 members (excludes halogenated alkanes) is 1. The summed E-state index contributed by atoms with van der Waals surface area (Å²) in [6, 6.07) is 0. The summed E-state index contributed by atoms with van der Waals surface area (Å²) in [5.41, 5.74) is -0.834. The maximum atomic E-state index is 5.51. The van der Waals surface area contributed by atoms with E-state index in [9.17, 15) is 0 Å². The average molecular weight is 320 g/mol. The lowest BCUT2D eigenvalue weighted by Gasteiger charge is -2.28. The van der Waals surface area contributed by atoms with Crippen molar-refractivity contribution in [2.45, 2.75) is 44.4 Å². The number of nitrogens with zero attached hydrogens (tertiary/aromatic N) is 2. The molecule has 0 aromatic carbocycles. The molecule has 0 saturated carbocycles. The van der Waals surface area contributed by atoms with E-state index in [1.165, 1.54) is 12.8 Å². The molecule has 0 aliphatic carbocycles. The van der Waals surface area contributed by atoms with E-state index in [1.54, 1.807) is 21.3 Å². The van der Waals surface area contributed by atoms with E-state index in [2.05, 4.69) is 27.9 Å². The molecule has 1 unspecified atom stereocenters. The van der Waals surface area contributed by atoms with E-state index in [0.29, 0.717) is 6.42 Å². The van der Waals surface area contributed by atoms with Crippen LogP contribution in [0.5, 0.6) is 0 Å². The fraction of sp³-hybridized carbons (Fsp3) is 0.769. The predicted molar refractivity (Wildman–Crippen MR) is 72.7 cm³/mol. The van der Waals surface area contributed by atoms with Crippen molar-refractivity contribution in [2.24, 2.45) is 0 Å². The molecule has 0 aliphatic heterocycles. The van der Waals surface area contributed by atoms with E-state index in [4.69, 9.17) is 14.2 Å². The predicted octanol–water partition coefficient (Wildman–Crippen LogP) is -1.77. The highest BCUT2D eigenvalue weighted by Gasteiger charge is 2.31. The summed E-state index contributed by atoms with van der Waals surface area (Å²) in [5.74, 6) is 0. The van der Waals surface area contributed by atoms with Gasteiger partial charge < -0.3 is 26.6 Å². The van der Waals surface area contributed by atoms with Gasteiger partial charge in [-0.3, -0.25) is 0 Å². The maximum Gasteiger partial charge on any atom is 0.245 e. The Morgan fingerprint density at radius 1 is 1.30 bits per heavy atom. The third-order valence-corrected chi connectivity index (χ3v) is 3.80. The maximum absolute atomic E-state index is 5.51. The summed E-state index contributed by atoms with van der Waals surface area (Å²) >= 11 is 0. The van der Waals surface area contributed by atoms with Gasteiger partial charge in [-0.25, -0.2) is 9.13 Å². The van der Waals surface area contributed by atoms with Gasteiger partial charge in [0.2, 0.25) is 12.6 Å². The van der Waals surface area contributed by atoms with Crippen LogP contribution in [0.25, 0.3) is 0 Å². The topological polar surface area (TPSA) is 36.5 Å². The summed E-state index contributed by atoms with van der Waals surface area (Å²) in [4.78, 5) is 0. The summed E-state index contributed by atoms with van der Waals surface area (Å²) in [7, 11) is 8.36. The molecule has 5 nitrogen and oxygen atoms in total. The molecular formula is C13H24ClN2O3Si. The Labute approximate surface area is 131 Å². The van der Waals surface area contributed by atoms with Gasteiger partial charge in [-0.2, -0.15) is 0 Å². The number of aryl methyl sites for hydroxylation is 1. The van der Waals surface area contributed by atoms with E-state index < -0.39 is 5.41 Å². The Morgan fingerprint density at radius 2 is 1.95 bits per heavy atom. The molecule has 0 fully saturated rings. The zero-order chi connectivity index (χ0) is 14.3. The highest BCUT2D eigenvalue weighted by atomic mass is 35.5. The van der Waals surface area contributed by atoms with Gasteiger partial charge in [0.15, 0.2) is 0 Å². The van der Waals surface area contributed by atoms with Crippen molar-refractivity contribution in [2.75, 3.05) is 21.3 Å². The van der Waals surface area contributed by atoms with Crippen LogP contribution in [0.2, 0.25) is 0 Å². The zero-order valence-corrected chi connectivity index (χ0v) is 14.4. The first-order chi connectivity index (χ1) is 9.08. The van der Waals surface area contributed by atoms with Gasteiger partial charge in [0.25, 0.3) is 0 Å². The van der Waals surface area contributed by atoms with Crippen LogP contribution in [0, 0.1) is 0 Å². The SMILES string of the molecule is CCCC[n+]1ccn(C(CC([Si])(OC)OC)OC)c1.[Cl-]. The van der Waals surface area contributed by atoms with Gasteiger partial charge in [0, 0.05) is 21.3 Å². The summed E-state index contributed by atoms with van der Waals surface area (Å²) < 4.78 is 20.3. The van der Waals surface area contributed by atoms with Crippen molar-refractivity contribution in [3.8, 4) is 0 Å². The minimum atomic E-state index is -0.834. The van der Waals surface area contributed by atoms with Gasteiger partial charge in [0.05, 0.1) is 13.0 Å². The number of halogens is 1. The Hall–Kier alpha value is -0.403. The lowest BCUT2D eigenvalue weighted by atomic mass is 10.3. The van der Waals surface area contributed by atoms with Crippen LogP contribution in [0.3, 0.4) is 0 Å². The Bertz CT molecular complexity index is 372. The van der Waals surface area contributed by atoms with E-state index in [1.807, 2.05) is 17.1 Å².